The van der Waals surface area contributed by atoms with Crippen LogP contribution in [0, 0.1) is 6.92 Å². The molecule has 0 atom stereocenters. The van der Waals surface area contributed by atoms with E-state index in [1.54, 1.807) is 9.95 Å². The summed E-state index contributed by atoms with van der Waals surface area (Å²) in [4.78, 5) is 34.8. The van der Waals surface area contributed by atoms with Crippen molar-refractivity contribution in [3.63, 3.8) is 0 Å². The Morgan fingerprint density at radius 1 is 1.25 bits per heavy atom. The van der Waals surface area contributed by atoms with Gasteiger partial charge in [0.15, 0.2) is 0 Å². The number of carbonyl (C=O) groups excluding carboxylic acids is 2. The number of esters is 1. The van der Waals surface area contributed by atoms with Gasteiger partial charge >= 0.3 is 10.8 Å². The Balaban J connectivity index is 1.61. The summed E-state index contributed by atoms with van der Waals surface area (Å²) in [5.74, 6) is -0.523. The molecule has 1 heterocycles. The third-order valence-corrected chi connectivity index (χ3v) is 4.29. The first-order valence-electron chi connectivity index (χ1n) is 7.67. The summed E-state index contributed by atoms with van der Waals surface area (Å²) < 4.78 is 6.65. The van der Waals surface area contributed by atoms with Crippen LogP contribution < -0.4 is 10.2 Å². The van der Waals surface area contributed by atoms with Crippen molar-refractivity contribution in [1.82, 2.24) is 9.88 Å². The van der Waals surface area contributed by atoms with Crippen LogP contribution in [0.2, 0.25) is 0 Å². The third-order valence-electron chi connectivity index (χ3n) is 3.41. The summed E-state index contributed by atoms with van der Waals surface area (Å²) in [5.41, 5.74) is 1.78. The molecule has 1 aromatic heterocycles. The summed E-state index contributed by atoms with van der Waals surface area (Å²) >= 11 is 1.13. The highest BCUT2D eigenvalue weighted by Gasteiger charge is 2.07. The second-order valence-corrected chi connectivity index (χ2v) is 6.10. The van der Waals surface area contributed by atoms with Crippen LogP contribution in [-0.2, 0) is 27.3 Å². The summed E-state index contributed by atoms with van der Waals surface area (Å²) in [7, 11) is 0. The van der Waals surface area contributed by atoms with E-state index in [1.807, 2.05) is 37.3 Å². The van der Waals surface area contributed by atoms with Gasteiger partial charge in [-0.1, -0.05) is 41.7 Å². The van der Waals surface area contributed by atoms with Crippen molar-refractivity contribution in [2.24, 2.45) is 0 Å². The van der Waals surface area contributed by atoms with E-state index < -0.39 is 5.97 Å². The van der Waals surface area contributed by atoms with Crippen molar-refractivity contribution in [3.05, 3.63) is 56.6 Å². The molecular formula is C17H20N2O4S. The van der Waals surface area contributed by atoms with E-state index in [9.17, 15) is 14.4 Å². The molecule has 0 saturated heterocycles. The Morgan fingerprint density at radius 2 is 2.00 bits per heavy atom. The first kappa shape index (κ1) is 17.9. The molecule has 24 heavy (non-hydrogen) atoms. The summed E-state index contributed by atoms with van der Waals surface area (Å²) in [6, 6.07) is 9.40. The predicted octanol–water partition coefficient (Wildman–Crippen LogP) is 1.51. The number of hydrogen-bond donors (Lipinski definition) is 1. The number of aryl methyl sites for hydroxylation is 1. The molecule has 0 unspecified atom stereocenters. The molecule has 6 nitrogen and oxygen atoms in total. The number of ether oxygens (including phenoxy) is 1. The van der Waals surface area contributed by atoms with E-state index in [2.05, 4.69) is 5.32 Å². The molecule has 0 spiro atoms. The lowest BCUT2D eigenvalue weighted by Gasteiger charge is -2.07. The van der Waals surface area contributed by atoms with E-state index in [-0.39, 0.29) is 36.8 Å². The zero-order chi connectivity index (χ0) is 17.4. The fourth-order valence-electron chi connectivity index (χ4n) is 2.15. The Labute approximate surface area is 144 Å². The average Bonchev–Trinajstić information content (AvgIpc) is 2.87. The number of hydrogen-bond acceptors (Lipinski definition) is 5. The number of carbonyl (C=O) groups is 2. The van der Waals surface area contributed by atoms with E-state index in [0.29, 0.717) is 6.54 Å². The number of thiazole rings is 1. The standard InChI is InChI=1S/C17H20N2O4S/c1-13-12-24-17(22)19(13)9-10-23-16(21)7-8-18-15(20)11-14-5-3-2-4-6-14/h2-6,12H,7-11H2,1H3,(H,18,20). The normalized spacial score (nSPS) is 10.4. The molecule has 1 amide bonds. The molecule has 0 radical (unpaired) electrons. The van der Waals surface area contributed by atoms with Crippen molar-refractivity contribution in [3.8, 4) is 0 Å². The number of rotatable bonds is 8. The first-order valence-corrected chi connectivity index (χ1v) is 8.55. The van der Waals surface area contributed by atoms with Crippen LogP contribution in [-0.4, -0.2) is 29.6 Å². The van der Waals surface area contributed by atoms with Crippen LogP contribution in [0.1, 0.15) is 17.7 Å². The molecule has 1 aromatic carbocycles. The van der Waals surface area contributed by atoms with Crippen molar-refractivity contribution < 1.29 is 14.3 Å². The lowest BCUT2D eigenvalue weighted by atomic mass is 10.1. The lowest BCUT2D eigenvalue weighted by molar-refractivity contribution is -0.143. The van der Waals surface area contributed by atoms with Gasteiger partial charge in [0.1, 0.15) is 6.61 Å². The van der Waals surface area contributed by atoms with Gasteiger partial charge < -0.3 is 10.1 Å². The zero-order valence-corrected chi connectivity index (χ0v) is 14.3. The molecule has 0 saturated carbocycles. The molecule has 0 fully saturated rings. The van der Waals surface area contributed by atoms with Gasteiger partial charge in [-0.25, -0.2) is 0 Å². The van der Waals surface area contributed by atoms with Crippen LogP contribution in [0.3, 0.4) is 0 Å². The van der Waals surface area contributed by atoms with Gasteiger partial charge in [-0.3, -0.25) is 19.0 Å². The molecule has 0 aliphatic carbocycles. The van der Waals surface area contributed by atoms with Crippen LogP contribution in [0.4, 0.5) is 0 Å². The smallest absolute Gasteiger partial charge is 0.307 e. The van der Waals surface area contributed by atoms with Gasteiger partial charge in [0.25, 0.3) is 0 Å². The minimum Gasteiger partial charge on any atom is -0.464 e. The Hall–Kier alpha value is -2.41. The Morgan fingerprint density at radius 3 is 2.67 bits per heavy atom. The SMILES string of the molecule is Cc1csc(=O)n1CCOC(=O)CCNC(=O)Cc1ccccc1. The van der Waals surface area contributed by atoms with Crippen molar-refractivity contribution in [1.29, 1.82) is 0 Å². The van der Waals surface area contributed by atoms with Crippen molar-refractivity contribution in [2.45, 2.75) is 26.3 Å². The summed E-state index contributed by atoms with van der Waals surface area (Å²) in [5, 5.41) is 4.46. The molecule has 7 heteroatoms. The predicted molar refractivity (Wildman–Crippen MR) is 92.0 cm³/mol. The molecule has 128 valence electrons. The molecule has 2 rings (SSSR count). The maximum Gasteiger partial charge on any atom is 0.307 e. The monoisotopic (exact) mass is 348 g/mol. The van der Waals surface area contributed by atoms with Gasteiger partial charge in [-0.15, -0.1) is 0 Å². The molecule has 0 bridgehead atoms. The summed E-state index contributed by atoms with van der Waals surface area (Å²) in [6.07, 6.45) is 0.397. The van der Waals surface area contributed by atoms with Crippen LogP contribution in [0.5, 0.6) is 0 Å². The molecule has 2 aromatic rings. The number of nitrogens with one attached hydrogen (secondary N) is 1. The van der Waals surface area contributed by atoms with Gasteiger partial charge in [-0.05, 0) is 12.5 Å². The molecule has 0 aliphatic heterocycles. The average molecular weight is 348 g/mol. The number of aromatic nitrogens is 1. The maximum absolute atomic E-state index is 11.7. The number of amides is 1. The maximum atomic E-state index is 11.7. The molecule has 0 aliphatic rings. The van der Waals surface area contributed by atoms with Crippen LogP contribution in [0.15, 0.2) is 40.5 Å². The fourth-order valence-corrected chi connectivity index (χ4v) is 2.91. The van der Waals surface area contributed by atoms with Gasteiger partial charge in [0, 0.05) is 17.6 Å². The lowest BCUT2D eigenvalue weighted by Crippen LogP contribution is -2.28. The third kappa shape index (κ3) is 5.66. The van der Waals surface area contributed by atoms with Gasteiger partial charge in [0.05, 0.1) is 19.4 Å². The largest absolute Gasteiger partial charge is 0.464 e. The van der Waals surface area contributed by atoms with Gasteiger partial charge in [-0.2, -0.15) is 0 Å². The Bertz CT molecular complexity index is 737. The van der Waals surface area contributed by atoms with E-state index in [0.717, 1.165) is 22.6 Å². The topological polar surface area (TPSA) is 77.4 Å². The quantitative estimate of drug-likeness (QED) is 0.734. The number of nitrogens with zero attached hydrogens (tertiary/aromatic N) is 1. The Kier molecular flexibility index (Phi) is 6.74. The highest BCUT2D eigenvalue weighted by molar-refractivity contribution is 7.07. The molecule has 1 N–H and O–H groups in total. The number of benzene rings is 1. The minimum atomic E-state index is -0.393. The van der Waals surface area contributed by atoms with E-state index >= 15 is 0 Å². The fraction of sp³-hybridized carbons (Fsp3) is 0.353. The highest BCUT2D eigenvalue weighted by atomic mass is 32.1. The second-order valence-electron chi connectivity index (χ2n) is 5.28. The second kappa shape index (κ2) is 9.02. The van der Waals surface area contributed by atoms with Crippen molar-refractivity contribution >= 4 is 23.2 Å². The first-order chi connectivity index (χ1) is 11.6. The molecular weight excluding hydrogens is 328 g/mol. The van der Waals surface area contributed by atoms with Gasteiger partial charge in [0.2, 0.25) is 5.91 Å². The highest BCUT2D eigenvalue weighted by Crippen LogP contribution is 2.00. The summed E-state index contributed by atoms with van der Waals surface area (Å²) in [6.45, 7) is 2.57. The van der Waals surface area contributed by atoms with E-state index in [4.69, 9.17) is 4.74 Å². The van der Waals surface area contributed by atoms with Crippen molar-refractivity contribution in [2.75, 3.05) is 13.2 Å². The minimum absolute atomic E-state index is 0.0586. The van der Waals surface area contributed by atoms with Crippen LogP contribution in [0.25, 0.3) is 0 Å². The van der Waals surface area contributed by atoms with E-state index in [1.165, 1.54) is 0 Å². The van der Waals surface area contributed by atoms with Crippen LogP contribution >= 0.6 is 11.3 Å². The zero-order valence-electron chi connectivity index (χ0n) is 13.5.